The molecule has 5 heteroatoms. The highest BCUT2D eigenvalue weighted by Crippen LogP contribution is 2.29. The Morgan fingerprint density at radius 1 is 0.875 bits per heavy atom. The first-order chi connectivity index (χ1) is 15.1. The number of aliphatic carboxylic acids is 1. The van der Waals surface area contributed by atoms with E-state index < -0.39 is 11.9 Å². The van der Waals surface area contributed by atoms with E-state index in [4.69, 9.17) is 9.84 Å². The Kier molecular flexibility index (Phi) is 6.98. The third kappa shape index (κ3) is 5.97. The molecule has 166 valence electrons. The van der Waals surface area contributed by atoms with Gasteiger partial charge in [-0.1, -0.05) is 63.2 Å². The van der Waals surface area contributed by atoms with E-state index in [1.807, 2.05) is 36.4 Å². The zero-order valence-corrected chi connectivity index (χ0v) is 18.6. The van der Waals surface area contributed by atoms with E-state index in [1.54, 1.807) is 18.2 Å². The van der Waals surface area contributed by atoms with Crippen molar-refractivity contribution in [1.82, 2.24) is 0 Å². The first-order valence-electron chi connectivity index (χ1n) is 10.5. The predicted octanol–water partition coefficient (Wildman–Crippen LogP) is 5.95. The second-order valence-electron chi connectivity index (χ2n) is 8.84. The topological polar surface area (TPSA) is 83.8 Å². The Bertz CT molecular complexity index is 1110. The van der Waals surface area contributed by atoms with Crippen LogP contribution in [0.3, 0.4) is 0 Å². The Labute approximate surface area is 188 Å². The molecule has 0 heterocycles. The summed E-state index contributed by atoms with van der Waals surface area (Å²) in [5.74, 6) is -1.24. The fraction of sp³-hybridized carbons (Fsp3) is 0.259. The maximum Gasteiger partial charge on any atom is 0.335 e. The quantitative estimate of drug-likeness (QED) is 0.460. The molecule has 5 nitrogen and oxygen atoms in total. The molecule has 0 aliphatic heterocycles. The van der Waals surface area contributed by atoms with Crippen LogP contribution in [0.4, 0.5) is 0 Å². The minimum Gasteiger partial charge on any atom is -0.489 e. The fourth-order valence-corrected chi connectivity index (χ4v) is 3.43. The molecular weight excluding hydrogens is 404 g/mol. The number of rotatable bonds is 8. The van der Waals surface area contributed by atoms with Gasteiger partial charge in [0.15, 0.2) is 0 Å². The normalized spacial score (nSPS) is 11.2. The van der Waals surface area contributed by atoms with Crippen LogP contribution < -0.4 is 4.74 Å². The van der Waals surface area contributed by atoms with E-state index in [-0.39, 0.29) is 17.4 Å². The molecule has 0 atom stereocenters. The van der Waals surface area contributed by atoms with Gasteiger partial charge in [0.2, 0.25) is 0 Å². The molecule has 0 saturated heterocycles. The maximum absolute atomic E-state index is 11.3. The summed E-state index contributed by atoms with van der Waals surface area (Å²) < 4.78 is 6.05. The van der Waals surface area contributed by atoms with Crippen LogP contribution in [0.5, 0.6) is 5.75 Å². The van der Waals surface area contributed by atoms with Crippen molar-refractivity contribution in [2.24, 2.45) is 0 Å². The molecule has 3 aromatic rings. The molecule has 0 unspecified atom stereocenters. The number of benzene rings is 3. The number of carboxylic acid groups (broad SMARTS) is 2. The molecular formula is C27H28O5. The highest BCUT2D eigenvalue weighted by molar-refractivity contribution is 5.89. The highest BCUT2D eigenvalue weighted by atomic mass is 16.5. The van der Waals surface area contributed by atoms with Gasteiger partial charge < -0.3 is 14.9 Å². The summed E-state index contributed by atoms with van der Waals surface area (Å²) in [4.78, 5) is 22.4. The van der Waals surface area contributed by atoms with Gasteiger partial charge >= 0.3 is 11.9 Å². The van der Waals surface area contributed by atoms with Crippen LogP contribution in [0.1, 0.15) is 54.2 Å². The van der Waals surface area contributed by atoms with Gasteiger partial charge in [-0.3, -0.25) is 4.79 Å². The lowest BCUT2D eigenvalue weighted by Gasteiger charge is -2.19. The standard InChI is InChI=1S/C27H28O5/c1-27(2,3)23-11-7-18(8-12-23)17-32-24-13-9-20(15-21(24)10-14-25(28)29)19-5-4-6-22(16-19)26(30)31/h4-9,11-13,15-16H,10,14,17H2,1-3H3,(H,28,29)(H,30,31). The lowest BCUT2D eigenvalue weighted by molar-refractivity contribution is -0.136. The maximum atomic E-state index is 11.3. The molecule has 0 bridgehead atoms. The third-order valence-electron chi connectivity index (χ3n) is 5.33. The molecule has 3 aromatic carbocycles. The smallest absolute Gasteiger partial charge is 0.335 e. The molecule has 0 fully saturated rings. The largest absolute Gasteiger partial charge is 0.489 e. The van der Waals surface area contributed by atoms with Crippen molar-refractivity contribution in [3.63, 3.8) is 0 Å². The van der Waals surface area contributed by atoms with Crippen molar-refractivity contribution >= 4 is 11.9 Å². The van der Waals surface area contributed by atoms with Crippen molar-refractivity contribution in [3.05, 3.63) is 89.0 Å². The first kappa shape index (κ1) is 23.1. The molecule has 0 aliphatic rings. The van der Waals surface area contributed by atoms with E-state index in [9.17, 15) is 14.7 Å². The minimum absolute atomic E-state index is 0.0186. The van der Waals surface area contributed by atoms with Crippen molar-refractivity contribution in [2.75, 3.05) is 0 Å². The summed E-state index contributed by atoms with van der Waals surface area (Å²) in [5, 5.41) is 18.4. The summed E-state index contributed by atoms with van der Waals surface area (Å²) in [5.41, 5.74) is 4.90. The Balaban J connectivity index is 1.84. The van der Waals surface area contributed by atoms with Crippen LogP contribution >= 0.6 is 0 Å². The van der Waals surface area contributed by atoms with Crippen LogP contribution in [0.2, 0.25) is 0 Å². The van der Waals surface area contributed by atoms with E-state index >= 15 is 0 Å². The molecule has 0 amide bonds. The second-order valence-corrected chi connectivity index (χ2v) is 8.84. The summed E-state index contributed by atoms with van der Waals surface area (Å²) in [6.07, 6.45) is 0.301. The van der Waals surface area contributed by atoms with Crippen molar-refractivity contribution in [1.29, 1.82) is 0 Å². The van der Waals surface area contributed by atoms with Crippen molar-refractivity contribution < 1.29 is 24.5 Å². The van der Waals surface area contributed by atoms with Crippen LogP contribution in [0.25, 0.3) is 11.1 Å². The van der Waals surface area contributed by atoms with Gasteiger partial charge in [0.05, 0.1) is 5.56 Å². The number of hydrogen-bond donors (Lipinski definition) is 2. The number of carbonyl (C=O) groups is 2. The lowest BCUT2D eigenvalue weighted by atomic mass is 9.87. The second kappa shape index (κ2) is 9.69. The number of carboxylic acids is 2. The Morgan fingerprint density at radius 3 is 2.19 bits per heavy atom. The van der Waals surface area contributed by atoms with Gasteiger partial charge in [0.25, 0.3) is 0 Å². The van der Waals surface area contributed by atoms with Crippen LogP contribution in [0, 0.1) is 0 Å². The van der Waals surface area contributed by atoms with E-state index in [0.717, 1.165) is 22.3 Å². The van der Waals surface area contributed by atoms with Crippen LogP contribution in [-0.4, -0.2) is 22.2 Å². The van der Waals surface area contributed by atoms with Gasteiger partial charge in [-0.2, -0.15) is 0 Å². The monoisotopic (exact) mass is 432 g/mol. The van der Waals surface area contributed by atoms with Gasteiger partial charge in [0, 0.05) is 6.42 Å². The average molecular weight is 433 g/mol. The van der Waals surface area contributed by atoms with Crippen molar-refractivity contribution in [2.45, 2.75) is 45.6 Å². The zero-order chi connectivity index (χ0) is 23.3. The van der Waals surface area contributed by atoms with Crippen LogP contribution in [0.15, 0.2) is 66.7 Å². The lowest BCUT2D eigenvalue weighted by Crippen LogP contribution is -2.11. The van der Waals surface area contributed by atoms with E-state index in [2.05, 4.69) is 32.9 Å². The molecule has 0 aliphatic carbocycles. The number of ether oxygens (including phenoxy) is 1. The summed E-state index contributed by atoms with van der Waals surface area (Å²) in [6.45, 7) is 6.88. The molecule has 0 radical (unpaired) electrons. The van der Waals surface area contributed by atoms with E-state index in [1.165, 1.54) is 5.56 Å². The third-order valence-corrected chi connectivity index (χ3v) is 5.33. The van der Waals surface area contributed by atoms with Gasteiger partial charge in [-0.25, -0.2) is 4.79 Å². The van der Waals surface area contributed by atoms with Crippen LogP contribution in [-0.2, 0) is 23.2 Å². The molecule has 32 heavy (non-hydrogen) atoms. The summed E-state index contributed by atoms with van der Waals surface area (Å²) >= 11 is 0. The first-order valence-corrected chi connectivity index (χ1v) is 10.5. The molecule has 2 N–H and O–H groups in total. The van der Waals surface area contributed by atoms with E-state index in [0.29, 0.717) is 18.8 Å². The predicted molar refractivity (Wildman–Crippen MR) is 124 cm³/mol. The highest BCUT2D eigenvalue weighted by Gasteiger charge is 2.14. The average Bonchev–Trinajstić information content (AvgIpc) is 2.76. The van der Waals surface area contributed by atoms with Gasteiger partial charge in [-0.15, -0.1) is 0 Å². The number of aryl methyl sites for hydroxylation is 1. The minimum atomic E-state index is -0.990. The molecule has 0 saturated carbocycles. The summed E-state index contributed by atoms with van der Waals surface area (Å²) in [6, 6.07) is 20.5. The Hall–Kier alpha value is -3.60. The van der Waals surface area contributed by atoms with Gasteiger partial charge in [-0.05, 0) is 63.9 Å². The number of aromatic carboxylic acids is 1. The van der Waals surface area contributed by atoms with Gasteiger partial charge in [0.1, 0.15) is 12.4 Å². The molecule has 0 spiro atoms. The van der Waals surface area contributed by atoms with Crippen molar-refractivity contribution in [3.8, 4) is 16.9 Å². The summed E-state index contributed by atoms with van der Waals surface area (Å²) in [7, 11) is 0. The SMILES string of the molecule is CC(C)(C)c1ccc(COc2ccc(-c3cccc(C(=O)O)c3)cc2CCC(=O)O)cc1. The Morgan fingerprint density at radius 2 is 1.56 bits per heavy atom. The molecule has 0 aromatic heterocycles. The number of hydrogen-bond acceptors (Lipinski definition) is 3. The fourth-order valence-electron chi connectivity index (χ4n) is 3.43. The molecule has 3 rings (SSSR count). The zero-order valence-electron chi connectivity index (χ0n) is 18.6.